The van der Waals surface area contributed by atoms with Gasteiger partial charge in [0, 0.05) is 24.0 Å². The minimum atomic E-state index is -0.920. The van der Waals surface area contributed by atoms with E-state index in [1.807, 2.05) is 49.4 Å². The van der Waals surface area contributed by atoms with Gasteiger partial charge in [-0.25, -0.2) is 0 Å². The summed E-state index contributed by atoms with van der Waals surface area (Å²) in [6.07, 6.45) is 0.793. The van der Waals surface area contributed by atoms with Gasteiger partial charge in [-0.05, 0) is 54.4 Å². The fourth-order valence-electron chi connectivity index (χ4n) is 5.07. The molecule has 3 aromatic carbocycles. The lowest BCUT2D eigenvalue weighted by Crippen LogP contribution is -2.52. The normalized spacial score (nSPS) is 19.2. The molecule has 3 atom stereocenters. The van der Waals surface area contributed by atoms with E-state index in [2.05, 4.69) is 5.32 Å². The number of hydrogen-bond acceptors (Lipinski definition) is 4. The number of likely N-dealkylation sites (N-methyl/N-ethyl adjacent to an activating group) is 1. The molecule has 7 nitrogen and oxygen atoms in total. The van der Waals surface area contributed by atoms with Crippen LogP contribution in [-0.4, -0.2) is 59.7 Å². The smallest absolute Gasteiger partial charge is 0.250 e. The van der Waals surface area contributed by atoms with E-state index in [-0.39, 0.29) is 30.8 Å². The topological polar surface area (TPSA) is 95.7 Å². The molecule has 0 saturated carbocycles. The molecule has 0 aromatic heterocycles. The van der Waals surface area contributed by atoms with Gasteiger partial charge in [0.15, 0.2) is 0 Å². The molecule has 0 radical (unpaired) electrons. The molecule has 0 unspecified atom stereocenters. The van der Waals surface area contributed by atoms with Crippen molar-refractivity contribution >= 4 is 40.1 Å². The summed E-state index contributed by atoms with van der Waals surface area (Å²) < 4.78 is 0. The molecule has 1 aliphatic rings. The van der Waals surface area contributed by atoms with Gasteiger partial charge in [-0.2, -0.15) is 0 Å². The molecule has 1 heterocycles. The van der Waals surface area contributed by atoms with Gasteiger partial charge >= 0.3 is 0 Å². The zero-order chi connectivity index (χ0) is 25.8. The van der Waals surface area contributed by atoms with Crippen molar-refractivity contribution in [2.75, 3.05) is 20.1 Å². The van der Waals surface area contributed by atoms with Gasteiger partial charge in [0.2, 0.25) is 11.8 Å². The zero-order valence-corrected chi connectivity index (χ0v) is 21.2. The summed E-state index contributed by atoms with van der Waals surface area (Å²) in [7, 11) is 1.69. The van der Waals surface area contributed by atoms with Crippen molar-refractivity contribution in [2.24, 2.45) is 5.73 Å². The van der Waals surface area contributed by atoms with Crippen LogP contribution in [0.4, 0.5) is 0 Å². The number of nitrogens with one attached hydrogen (secondary N) is 1. The first-order valence-corrected chi connectivity index (χ1v) is 12.5. The molecule has 0 aliphatic carbocycles. The molecule has 3 aromatic rings. The maximum absolute atomic E-state index is 14.2. The SMILES string of the molecule is CNCC(=O)N1[C@H](C)CCN([C@H](Cc2cccc3ccccc23)C(N)=O)C(=O)[C@@H]1c1cccc(Cl)c1. The molecule has 36 heavy (non-hydrogen) atoms. The van der Waals surface area contributed by atoms with Gasteiger partial charge in [-0.15, -0.1) is 0 Å². The molecular formula is C28H31ClN4O3. The van der Waals surface area contributed by atoms with E-state index in [0.717, 1.165) is 16.3 Å². The molecule has 3 N–H and O–H groups in total. The molecular weight excluding hydrogens is 476 g/mol. The average Bonchev–Trinajstić information content (AvgIpc) is 2.98. The van der Waals surface area contributed by atoms with Crippen LogP contribution >= 0.6 is 11.6 Å². The lowest BCUT2D eigenvalue weighted by atomic mass is 9.96. The number of benzene rings is 3. The molecule has 188 valence electrons. The first kappa shape index (κ1) is 25.7. The monoisotopic (exact) mass is 506 g/mol. The largest absolute Gasteiger partial charge is 0.368 e. The van der Waals surface area contributed by atoms with Crippen molar-refractivity contribution in [1.29, 1.82) is 0 Å². The Labute approximate surface area is 216 Å². The predicted octanol–water partition coefficient (Wildman–Crippen LogP) is 3.30. The first-order chi connectivity index (χ1) is 17.3. The van der Waals surface area contributed by atoms with Gasteiger partial charge in [-0.3, -0.25) is 14.4 Å². The summed E-state index contributed by atoms with van der Waals surface area (Å²) in [6.45, 7) is 2.31. The number of carbonyl (C=O) groups excluding carboxylic acids is 3. The van der Waals surface area contributed by atoms with Crippen molar-refractivity contribution in [3.63, 3.8) is 0 Å². The second kappa shape index (κ2) is 11.1. The number of hydrogen-bond donors (Lipinski definition) is 2. The number of fused-ring (bicyclic) bond motifs is 1. The fourth-order valence-corrected chi connectivity index (χ4v) is 5.27. The summed E-state index contributed by atoms with van der Waals surface area (Å²) in [5, 5.41) is 5.42. The minimum Gasteiger partial charge on any atom is -0.368 e. The van der Waals surface area contributed by atoms with E-state index in [0.29, 0.717) is 23.6 Å². The van der Waals surface area contributed by atoms with E-state index in [4.69, 9.17) is 17.3 Å². The average molecular weight is 507 g/mol. The van der Waals surface area contributed by atoms with Crippen molar-refractivity contribution in [3.05, 3.63) is 82.9 Å². The van der Waals surface area contributed by atoms with Crippen molar-refractivity contribution < 1.29 is 14.4 Å². The lowest BCUT2D eigenvalue weighted by Gasteiger charge is -2.36. The Morgan fingerprint density at radius 1 is 1.11 bits per heavy atom. The van der Waals surface area contributed by atoms with E-state index >= 15 is 0 Å². The van der Waals surface area contributed by atoms with Crippen LogP contribution < -0.4 is 11.1 Å². The zero-order valence-electron chi connectivity index (χ0n) is 20.5. The van der Waals surface area contributed by atoms with Crippen LogP contribution in [0.3, 0.4) is 0 Å². The summed E-state index contributed by atoms with van der Waals surface area (Å²) in [5.74, 6) is -1.12. The van der Waals surface area contributed by atoms with Crippen molar-refractivity contribution in [1.82, 2.24) is 15.1 Å². The molecule has 0 bridgehead atoms. The summed E-state index contributed by atoms with van der Waals surface area (Å²) in [6, 6.07) is 18.8. The predicted molar refractivity (Wildman–Crippen MR) is 141 cm³/mol. The highest BCUT2D eigenvalue weighted by Crippen LogP contribution is 2.33. The van der Waals surface area contributed by atoms with Crippen LogP contribution in [-0.2, 0) is 20.8 Å². The second-order valence-corrected chi connectivity index (χ2v) is 9.66. The highest BCUT2D eigenvalue weighted by atomic mass is 35.5. The number of halogens is 1. The number of carbonyl (C=O) groups is 3. The Hall–Kier alpha value is -3.42. The Bertz CT molecular complexity index is 1280. The molecule has 0 spiro atoms. The highest BCUT2D eigenvalue weighted by molar-refractivity contribution is 6.30. The standard InChI is InChI=1S/C28H31ClN4O3/c1-18-13-14-32(24(27(30)35)16-20-9-5-8-19-7-3-4-12-23(19)20)28(36)26(33(18)25(34)17-31-2)21-10-6-11-22(29)15-21/h3-12,15,18,24,26,31H,13-14,16-17H2,1-2H3,(H2,30,35)/t18-,24-,26+/m1/s1. The van der Waals surface area contributed by atoms with Gasteiger partial charge in [-0.1, -0.05) is 66.2 Å². The van der Waals surface area contributed by atoms with Crippen LogP contribution in [0.1, 0.15) is 30.5 Å². The van der Waals surface area contributed by atoms with Gasteiger partial charge in [0.25, 0.3) is 5.91 Å². The quantitative estimate of drug-likeness (QED) is 0.514. The third-order valence-corrected chi connectivity index (χ3v) is 7.07. The fraction of sp³-hybridized carbons (Fsp3) is 0.321. The van der Waals surface area contributed by atoms with Crippen LogP contribution in [0.2, 0.25) is 5.02 Å². The van der Waals surface area contributed by atoms with Crippen LogP contribution in [0.5, 0.6) is 0 Å². The van der Waals surface area contributed by atoms with Crippen LogP contribution in [0, 0.1) is 0 Å². The molecule has 8 heteroatoms. The van der Waals surface area contributed by atoms with E-state index in [1.54, 1.807) is 41.1 Å². The third-order valence-electron chi connectivity index (χ3n) is 6.84. The van der Waals surface area contributed by atoms with Crippen LogP contribution in [0.25, 0.3) is 10.8 Å². The Balaban J connectivity index is 1.77. The van der Waals surface area contributed by atoms with Gasteiger partial charge in [0.05, 0.1) is 6.54 Å². The molecule has 1 fully saturated rings. The molecule has 4 rings (SSSR count). The molecule has 3 amide bonds. The summed E-state index contributed by atoms with van der Waals surface area (Å²) in [5.41, 5.74) is 7.45. The maximum Gasteiger partial charge on any atom is 0.250 e. The van der Waals surface area contributed by atoms with Crippen molar-refractivity contribution in [2.45, 2.75) is 37.9 Å². The lowest BCUT2D eigenvalue weighted by molar-refractivity contribution is -0.148. The van der Waals surface area contributed by atoms with Crippen LogP contribution in [0.15, 0.2) is 66.7 Å². The summed E-state index contributed by atoms with van der Waals surface area (Å²) in [4.78, 5) is 43.4. The molecule has 1 aliphatic heterocycles. The number of nitrogens with two attached hydrogens (primary N) is 1. The highest BCUT2D eigenvalue weighted by Gasteiger charge is 2.42. The first-order valence-electron chi connectivity index (χ1n) is 12.1. The number of amides is 3. The maximum atomic E-state index is 14.2. The number of primary amides is 1. The Kier molecular flexibility index (Phi) is 7.91. The minimum absolute atomic E-state index is 0.0872. The van der Waals surface area contributed by atoms with Crippen molar-refractivity contribution in [3.8, 4) is 0 Å². The van der Waals surface area contributed by atoms with E-state index in [1.165, 1.54) is 0 Å². The Morgan fingerprint density at radius 3 is 2.56 bits per heavy atom. The third kappa shape index (κ3) is 5.22. The van der Waals surface area contributed by atoms with E-state index < -0.39 is 18.0 Å². The van der Waals surface area contributed by atoms with Gasteiger partial charge < -0.3 is 20.9 Å². The Morgan fingerprint density at radius 2 is 1.83 bits per heavy atom. The van der Waals surface area contributed by atoms with E-state index in [9.17, 15) is 14.4 Å². The second-order valence-electron chi connectivity index (χ2n) is 9.22. The number of nitrogens with zero attached hydrogens (tertiary/aromatic N) is 2. The molecule has 1 saturated heterocycles. The number of rotatable bonds is 7. The summed E-state index contributed by atoms with van der Waals surface area (Å²) >= 11 is 6.27. The van der Waals surface area contributed by atoms with Gasteiger partial charge in [0.1, 0.15) is 12.1 Å².